The highest BCUT2D eigenvalue weighted by atomic mass is 79.9. The van der Waals surface area contributed by atoms with Crippen molar-refractivity contribution in [1.29, 1.82) is 0 Å². The Morgan fingerprint density at radius 1 is 1.58 bits per heavy atom. The van der Waals surface area contributed by atoms with Crippen LogP contribution in [0.15, 0.2) is 9.85 Å². The third-order valence-corrected chi connectivity index (χ3v) is 4.49. The average molecular weight is 350 g/mol. The van der Waals surface area contributed by atoms with Crippen LogP contribution in [0, 0.1) is 0 Å². The Kier molecular flexibility index (Phi) is 5.37. The first-order valence-corrected chi connectivity index (χ1v) is 7.34. The Labute approximate surface area is 124 Å². The number of carbonyl (C=O) groups excluding carboxylic acids is 1. The van der Waals surface area contributed by atoms with Crippen LogP contribution < -0.4 is 10.1 Å². The molecule has 5 nitrogen and oxygen atoms in total. The molecule has 1 rings (SSSR count). The Hall–Kier alpha value is -1.08. The summed E-state index contributed by atoms with van der Waals surface area (Å²) in [5.41, 5.74) is -1.25. The van der Waals surface area contributed by atoms with Gasteiger partial charge in [-0.3, -0.25) is 4.79 Å². The van der Waals surface area contributed by atoms with Gasteiger partial charge in [-0.25, -0.2) is 4.79 Å². The molecule has 0 bridgehead atoms. The molecule has 0 aliphatic heterocycles. The number of hydrogen-bond donors (Lipinski definition) is 2. The second-order valence-electron chi connectivity index (χ2n) is 4.29. The summed E-state index contributed by atoms with van der Waals surface area (Å²) in [6, 6.07) is 1.58. The molecular formula is C12H16BrNO4S. The molecule has 19 heavy (non-hydrogen) atoms. The highest BCUT2D eigenvalue weighted by Crippen LogP contribution is 2.34. The molecule has 0 aromatic carbocycles. The lowest BCUT2D eigenvalue weighted by Crippen LogP contribution is -2.51. The van der Waals surface area contributed by atoms with Crippen LogP contribution in [0.4, 0.5) is 0 Å². The SMILES string of the molecule is CCCC(C)(NC(=O)c1cc(OC)c(Br)s1)C(=O)O. The summed E-state index contributed by atoms with van der Waals surface area (Å²) in [6.07, 6.45) is 1.04. The molecule has 1 amide bonds. The fourth-order valence-corrected chi connectivity index (χ4v) is 3.18. The largest absolute Gasteiger partial charge is 0.495 e. The molecule has 1 unspecified atom stereocenters. The smallest absolute Gasteiger partial charge is 0.329 e. The van der Waals surface area contributed by atoms with E-state index in [9.17, 15) is 14.7 Å². The van der Waals surface area contributed by atoms with Crippen molar-refractivity contribution >= 4 is 39.1 Å². The topological polar surface area (TPSA) is 75.6 Å². The van der Waals surface area contributed by atoms with Gasteiger partial charge in [-0.15, -0.1) is 11.3 Å². The number of ether oxygens (including phenoxy) is 1. The standard InChI is InChI=1S/C12H16BrNO4S/c1-4-5-12(2,11(16)17)14-10(15)8-6-7(18-3)9(13)19-8/h6H,4-5H2,1-3H3,(H,14,15)(H,16,17). The first-order chi connectivity index (χ1) is 8.84. The Bertz CT molecular complexity index is 488. The molecule has 0 fully saturated rings. The van der Waals surface area contributed by atoms with E-state index in [0.29, 0.717) is 27.3 Å². The van der Waals surface area contributed by atoms with E-state index in [1.54, 1.807) is 6.07 Å². The summed E-state index contributed by atoms with van der Waals surface area (Å²) in [7, 11) is 1.51. The number of nitrogens with one attached hydrogen (secondary N) is 1. The van der Waals surface area contributed by atoms with E-state index < -0.39 is 17.4 Å². The monoisotopic (exact) mass is 349 g/mol. The number of methoxy groups -OCH3 is 1. The van der Waals surface area contributed by atoms with Gasteiger partial charge in [-0.2, -0.15) is 0 Å². The van der Waals surface area contributed by atoms with Crippen LogP contribution in [-0.2, 0) is 4.79 Å². The first kappa shape index (κ1) is 16.0. The van der Waals surface area contributed by atoms with Crippen LogP contribution in [0.2, 0.25) is 0 Å². The number of halogens is 1. The van der Waals surface area contributed by atoms with Gasteiger partial charge in [0.05, 0.1) is 12.0 Å². The van der Waals surface area contributed by atoms with Crippen molar-refractivity contribution in [3.8, 4) is 5.75 Å². The van der Waals surface area contributed by atoms with E-state index >= 15 is 0 Å². The minimum atomic E-state index is -1.25. The molecule has 0 radical (unpaired) electrons. The predicted octanol–water partition coefficient (Wildman–Crippen LogP) is 2.89. The summed E-state index contributed by atoms with van der Waals surface area (Å²) in [6.45, 7) is 3.38. The van der Waals surface area contributed by atoms with Gasteiger partial charge in [0.25, 0.3) is 5.91 Å². The number of carbonyl (C=O) groups is 2. The second-order valence-corrected chi connectivity index (χ2v) is 6.66. The molecule has 2 N–H and O–H groups in total. The molecule has 0 saturated heterocycles. The van der Waals surface area contributed by atoms with Gasteiger partial charge in [0, 0.05) is 6.07 Å². The molecule has 7 heteroatoms. The predicted molar refractivity (Wildman–Crippen MR) is 77.0 cm³/mol. The molecule has 1 heterocycles. The number of hydrogen-bond acceptors (Lipinski definition) is 4. The van der Waals surface area contributed by atoms with Crippen LogP contribution in [0.5, 0.6) is 5.75 Å². The maximum absolute atomic E-state index is 12.1. The first-order valence-electron chi connectivity index (χ1n) is 5.73. The van der Waals surface area contributed by atoms with Gasteiger partial charge < -0.3 is 15.2 Å². The van der Waals surface area contributed by atoms with Crippen molar-refractivity contribution in [3.05, 3.63) is 14.7 Å². The van der Waals surface area contributed by atoms with Gasteiger partial charge in [0.15, 0.2) is 0 Å². The van der Waals surface area contributed by atoms with E-state index in [1.165, 1.54) is 25.4 Å². The van der Waals surface area contributed by atoms with Crippen molar-refractivity contribution < 1.29 is 19.4 Å². The minimum Gasteiger partial charge on any atom is -0.495 e. The zero-order valence-electron chi connectivity index (χ0n) is 10.9. The number of carboxylic acids is 1. The summed E-state index contributed by atoms with van der Waals surface area (Å²) in [5, 5.41) is 11.8. The minimum absolute atomic E-state index is 0.373. The lowest BCUT2D eigenvalue weighted by Gasteiger charge is -2.25. The molecule has 1 aromatic rings. The molecule has 1 aromatic heterocycles. The molecular weight excluding hydrogens is 334 g/mol. The Morgan fingerprint density at radius 2 is 2.21 bits per heavy atom. The summed E-state index contributed by atoms with van der Waals surface area (Å²) in [5.74, 6) is -0.889. The van der Waals surface area contributed by atoms with Crippen molar-refractivity contribution in [2.75, 3.05) is 7.11 Å². The third kappa shape index (κ3) is 3.70. The zero-order chi connectivity index (χ0) is 14.6. The molecule has 0 aliphatic rings. The van der Waals surface area contributed by atoms with E-state index in [4.69, 9.17) is 4.74 Å². The summed E-state index contributed by atoms with van der Waals surface area (Å²) in [4.78, 5) is 23.8. The van der Waals surface area contributed by atoms with E-state index in [1.807, 2.05) is 6.92 Å². The zero-order valence-corrected chi connectivity index (χ0v) is 13.4. The highest BCUT2D eigenvalue weighted by molar-refractivity contribution is 9.11. The van der Waals surface area contributed by atoms with Crippen LogP contribution in [0.3, 0.4) is 0 Å². The lowest BCUT2D eigenvalue weighted by molar-refractivity contribution is -0.144. The van der Waals surface area contributed by atoms with Crippen molar-refractivity contribution in [3.63, 3.8) is 0 Å². The fourth-order valence-electron chi connectivity index (χ4n) is 1.64. The van der Waals surface area contributed by atoms with Crippen molar-refractivity contribution in [1.82, 2.24) is 5.32 Å². The van der Waals surface area contributed by atoms with Gasteiger partial charge in [-0.1, -0.05) is 13.3 Å². The van der Waals surface area contributed by atoms with Crippen molar-refractivity contribution in [2.45, 2.75) is 32.2 Å². The van der Waals surface area contributed by atoms with Gasteiger partial charge >= 0.3 is 5.97 Å². The van der Waals surface area contributed by atoms with Crippen LogP contribution in [-0.4, -0.2) is 29.6 Å². The third-order valence-electron chi connectivity index (χ3n) is 2.71. The van der Waals surface area contributed by atoms with Crippen LogP contribution >= 0.6 is 27.3 Å². The molecule has 0 saturated carbocycles. The maximum atomic E-state index is 12.1. The quantitative estimate of drug-likeness (QED) is 0.827. The summed E-state index contributed by atoms with van der Waals surface area (Å²) >= 11 is 4.49. The fraction of sp³-hybridized carbons (Fsp3) is 0.500. The number of carboxylic acid groups (broad SMARTS) is 1. The van der Waals surface area contributed by atoms with Gasteiger partial charge in [-0.05, 0) is 29.3 Å². The molecule has 0 aliphatic carbocycles. The molecule has 106 valence electrons. The van der Waals surface area contributed by atoms with Crippen molar-refractivity contribution in [2.24, 2.45) is 0 Å². The van der Waals surface area contributed by atoms with Gasteiger partial charge in [0.1, 0.15) is 15.1 Å². The van der Waals surface area contributed by atoms with E-state index in [0.717, 1.165) is 0 Å². The number of aliphatic carboxylic acids is 1. The molecule has 1 atom stereocenters. The maximum Gasteiger partial charge on any atom is 0.329 e. The Balaban J connectivity index is 2.90. The van der Waals surface area contributed by atoms with Crippen LogP contribution in [0.25, 0.3) is 0 Å². The highest BCUT2D eigenvalue weighted by Gasteiger charge is 2.34. The van der Waals surface area contributed by atoms with E-state index in [-0.39, 0.29) is 0 Å². The van der Waals surface area contributed by atoms with E-state index in [2.05, 4.69) is 21.2 Å². The second kappa shape index (κ2) is 6.38. The number of thiophene rings is 1. The summed E-state index contributed by atoms with van der Waals surface area (Å²) < 4.78 is 5.77. The number of amides is 1. The Morgan fingerprint density at radius 3 is 2.63 bits per heavy atom. The normalized spacial score (nSPS) is 13.7. The lowest BCUT2D eigenvalue weighted by atomic mass is 9.96. The van der Waals surface area contributed by atoms with Crippen LogP contribution in [0.1, 0.15) is 36.4 Å². The van der Waals surface area contributed by atoms with Gasteiger partial charge in [0.2, 0.25) is 0 Å². The average Bonchev–Trinajstić information content (AvgIpc) is 2.70. The molecule has 0 spiro atoms. The number of rotatable bonds is 6.